The number of aryl methyl sites for hydroxylation is 1. The zero-order valence-corrected chi connectivity index (χ0v) is 13.2. The Hall–Kier alpha value is -2.63. The molecule has 0 saturated heterocycles. The molecule has 120 valence electrons. The van der Waals surface area contributed by atoms with Crippen LogP contribution in [0.3, 0.4) is 0 Å². The second-order valence-corrected chi connectivity index (χ2v) is 5.70. The quantitative estimate of drug-likeness (QED) is 0.675. The summed E-state index contributed by atoms with van der Waals surface area (Å²) in [6.45, 7) is 0.385. The van der Waals surface area contributed by atoms with Gasteiger partial charge in [0.15, 0.2) is 0 Å². The third kappa shape index (κ3) is 3.41. The number of nitrogens with one attached hydrogen (secondary N) is 1. The first-order valence-corrected chi connectivity index (χ1v) is 7.57. The van der Waals surface area contributed by atoms with Crippen molar-refractivity contribution in [1.82, 2.24) is 14.9 Å². The molecule has 1 N–H and O–H groups in total. The summed E-state index contributed by atoms with van der Waals surface area (Å²) in [5, 5.41) is 2.73. The molecule has 0 spiro atoms. The SMILES string of the molecule is COC(=O)/C=C/C(=O)NCc1ccc2c(c1)nc(C1CC1)n2C. The molecule has 0 unspecified atom stereocenters. The minimum atomic E-state index is -0.553. The zero-order valence-electron chi connectivity index (χ0n) is 13.2. The maximum atomic E-state index is 11.6. The average Bonchev–Trinajstić information content (AvgIpc) is 3.35. The molecular formula is C17H19N3O3. The Kier molecular flexibility index (Phi) is 4.14. The lowest BCUT2D eigenvalue weighted by Gasteiger charge is -2.03. The smallest absolute Gasteiger partial charge is 0.330 e. The molecule has 2 aromatic rings. The van der Waals surface area contributed by atoms with E-state index in [1.54, 1.807) is 0 Å². The number of nitrogens with zero attached hydrogens (tertiary/aromatic N) is 2. The second kappa shape index (κ2) is 6.24. The molecule has 1 fully saturated rings. The first-order valence-electron chi connectivity index (χ1n) is 7.57. The Labute approximate surface area is 134 Å². The van der Waals surface area contributed by atoms with Gasteiger partial charge in [0.05, 0.1) is 18.1 Å². The molecule has 1 aliphatic carbocycles. The van der Waals surface area contributed by atoms with Crippen LogP contribution in [0.5, 0.6) is 0 Å². The van der Waals surface area contributed by atoms with E-state index in [-0.39, 0.29) is 5.91 Å². The third-order valence-corrected chi connectivity index (χ3v) is 3.96. The summed E-state index contributed by atoms with van der Waals surface area (Å²) in [6, 6.07) is 6.00. The van der Waals surface area contributed by atoms with Crippen molar-refractivity contribution in [3.05, 3.63) is 41.7 Å². The minimum Gasteiger partial charge on any atom is -0.466 e. The fourth-order valence-electron chi connectivity index (χ4n) is 2.54. The van der Waals surface area contributed by atoms with Crippen LogP contribution in [0.15, 0.2) is 30.4 Å². The molecule has 0 radical (unpaired) electrons. The lowest BCUT2D eigenvalue weighted by Crippen LogP contribution is -2.20. The number of hydrogen-bond acceptors (Lipinski definition) is 4. The van der Waals surface area contributed by atoms with Gasteiger partial charge in [0.25, 0.3) is 0 Å². The van der Waals surface area contributed by atoms with Gasteiger partial charge in [0, 0.05) is 31.7 Å². The van der Waals surface area contributed by atoms with Gasteiger partial charge in [-0.05, 0) is 30.5 Å². The Morgan fingerprint density at radius 3 is 2.87 bits per heavy atom. The van der Waals surface area contributed by atoms with Crippen molar-refractivity contribution in [2.45, 2.75) is 25.3 Å². The number of esters is 1. The highest BCUT2D eigenvalue weighted by molar-refractivity contribution is 5.94. The summed E-state index contributed by atoms with van der Waals surface area (Å²) in [5.74, 6) is 0.846. The minimum absolute atomic E-state index is 0.338. The van der Waals surface area contributed by atoms with Gasteiger partial charge in [-0.1, -0.05) is 6.07 Å². The van der Waals surface area contributed by atoms with Crippen LogP contribution in [-0.2, 0) is 27.9 Å². The number of fused-ring (bicyclic) bond motifs is 1. The first kappa shape index (κ1) is 15.3. The molecule has 1 aromatic carbocycles. The van der Waals surface area contributed by atoms with E-state index in [2.05, 4.69) is 14.6 Å². The summed E-state index contributed by atoms with van der Waals surface area (Å²) in [7, 11) is 3.31. The molecule has 0 atom stereocenters. The van der Waals surface area contributed by atoms with Gasteiger partial charge in [-0.25, -0.2) is 9.78 Å². The molecule has 1 heterocycles. The third-order valence-electron chi connectivity index (χ3n) is 3.96. The molecular weight excluding hydrogens is 294 g/mol. The van der Waals surface area contributed by atoms with E-state index in [0.29, 0.717) is 12.5 Å². The van der Waals surface area contributed by atoms with Crippen LogP contribution in [0.25, 0.3) is 11.0 Å². The van der Waals surface area contributed by atoms with Gasteiger partial charge in [-0.3, -0.25) is 4.79 Å². The van der Waals surface area contributed by atoms with Crippen molar-refractivity contribution >= 4 is 22.9 Å². The fourth-order valence-corrected chi connectivity index (χ4v) is 2.54. The lowest BCUT2D eigenvalue weighted by atomic mass is 10.2. The van der Waals surface area contributed by atoms with Gasteiger partial charge in [-0.2, -0.15) is 0 Å². The van der Waals surface area contributed by atoms with E-state index in [0.717, 1.165) is 34.6 Å². The van der Waals surface area contributed by atoms with Crippen LogP contribution in [0, 0.1) is 0 Å². The molecule has 23 heavy (non-hydrogen) atoms. The predicted octanol–water partition coefficient (Wildman–Crippen LogP) is 1.80. The van der Waals surface area contributed by atoms with Crippen LogP contribution in [-0.4, -0.2) is 28.5 Å². The molecule has 1 amide bonds. The maximum Gasteiger partial charge on any atom is 0.330 e. The Bertz CT molecular complexity index is 788. The van der Waals surface area contributed by atoms with Crippen molar-refractivity contribution in [1.29, 1.82) is 0 Å². The summed E-state index contributed by atoms with van der Waals surface area (Å²) in [5.41, 5.74) is 3.02. The molecule has 0 bridgehead atoms. The Morgan fingerprint density at radius 2 is 2.17 bits per heavy atom. The Morgan fingerprint density at radius 1 is 1.39 bits per heavy atom. The molecule has 1 aliphatic rings. The number of carbonyl (C=O) groups excluding carboxylic acids is 2. The fraction of sp³-hybridized carbons (Fsp3) is 0.353. The highest BCUT2D eigenvalue weighted by Gasteiger charge is 2.28. The zero-order chi connectivity index (χ0) is 16.4. The van der Waals surface area contributed by atoms with Gasteiger partial charge in [0.2, 0.25) is 5.91 Å². The molecule has 1 saturated carbocycles. The number of hydrogen-bond donors (Lipinski definition) is 1. The summed E-state index contributed by atoms with van der Waals surface area (Å²) < 4.78 is 6.58. The van der Waals surface area contributed by atoms with E-state index < -0.39 is 5.97 Å². The van der Waals surface area contributed by atoms with E-state index in [1.165, 1.54) is 20.0 Å². The molecule has 1 aromatic heterocycles. The van der Waals surface area contributed by atoms with Crippen LogP contribution in [0.4, 0.5) is 0 Å². The van der Waals surface area contributed by atoms with Crippen LogP contribution < -0.4 is 5.32 Å². The number of carbonyl (C=O) groups is 2. The average molecular weight is 313 g/mol. The highest BCUT2D eigenvalue weighted by atomic mass is 16.5. The van der Waals surface area contributed by atoms with E-state index in [1.807, 2.05) is 25.2 Å². The summed E-state index contributed by atoms with van der Waals surface area (Å²) >= 11 is 0. The van der Waals surface area contributed by atoms with Crippen molar-refractivity contribution in [2.24, 2.45) is 7.05 Å². The molecule has 6 heteroatoms. The number of amides is 1. The van der Waals surface area contributed by atoms with Crippen molar-refractivity contribution in [3.8, 4) is 0 Å². The number of rotatable bonds is 5. The predicted molar refractivity (Wildman–Crippen MR) is 85.7 cm³/mol. The first-order chi connectivity index (χ1) is 11.1. The molecule has 3 rings (SSSR count). The van der Waals surface area contributed by atoms with Crippen molar-refractivity contribution < 1.29 is 14.3 Å². The van der Waals surface area contributed by atoms with E-state index in [9.17, 15) is 9.59 Å². The number of ether oxygens (including phenoxy) is 1. The van der Waals surface area contributed by atoms with Gasteiger partial charge in [0.1, 0.15) is 5.82 Å². The highest BCUT2D eigenvalue weighted by Crippen LogP contribution is 2.40. The Balaban J connectivity index is 1.68. The number of imidazole rings is 1. The topological polar surface area (TPSA) is 73.2 Å². The second-order valence-electron chi connectivity index (χ2n) is 5.70. The summed E-state index contributed by atoms with van der Waals surface area (Å²) in [6.07, 6.45) is 4.69. The standard InChI is InChI=1S/C17H19N3O3/c1-20-14-6-3-11(9-13(14)19-17(20)12-4-5-12)10-18-15(21)7-8-16(22)23-2/h3,6-9,12H,4-5,10H2,1-2H3,(H,18,21)/b8-7+. The van der Waals surface area contributed by atoms with E-state index in [4.69, 9.17) is 4.98 Å². The number of methoxy groups -OCH3 is 1. The van der Waals surface area contributed by atoms with Crippen LogP contribution in [0.2, 0.25) is 0 Å². The number of benzene rings is 1. The van der Waals surface area contributed by atoms with E-state index >= 15 is 0 Å². The molecule has 6 nitrogen and oxygen atoms in total. The van der Waals surface area contributed by atoms with Crippen molar-refractivity contribution in [3.63, 3.8) is 0 Å². The van der Waals surface area contributed by atoms with Gasteiger partial charge >= 0.3 is 5.97 Å². The van der Waals surface area contributed by atoms with Crippen LogP contribution in [0.1, 0.15) is 30.1 Å². The largest absolute Gasteiger partial charge is 0.466 e. The summed E-state index contributed by atoms with van der Waals surface area (Å²) in [4.78, 5) is 27.3. The van der Waals surface area contributed by atoms with Gasteiger partial charge < -0.3 is 14.6 Å². The monoisotopic (exact) mass is 313 g/mol. The van der Waals surface area contributed by atoms with Crippen molar-refractivity contribution in [2.75, 3.05) is 7.11 Å². The maximum absolute atomic E-state index is 11.6. The van der Waals surface area contributed by atoms with Gasteiger partial charge in [-0.15, -0.1) is 0 Å². The van der Waals surface area contributed by atoms with Crippen LogP contribution >= 0.6 is 0 Å². The molecule has 0 aliphatic heterocycles. The normalized spacial score (nSPS) is 14.3. The lowest BCUT2D eigenvalue weighted by molar-refractivity contribution is -0.135. The number of aromatic nitrogens is 2.